The molecule has 20 heavy (non-hydrogen) atoms. The van der Waals surface area contributed by atoms with E-state index in [9.17, 15) is 0 Å². The van der Waals surface area contributed by atoms with Gasteiger partial charge < -0.3 is 0 Å². The molecule has 0 atom stereocenters. The molecule has 0 fully saturated rings. The van der Waals surface area contributed by atoms with Gasteiger partial charge in [-0.2, -0.15) is 0 Å². The minimum absolute atomic E-state index is 1.05. The molecule has 0 aliphatic rings. The van der Waals surface area contributed by atoms with Gasteiger partial charge in [0.1, 0.15) is 0 Å². The van der Waals surface area contributed by atoms with E-state index in [2.05, 4.69) is 65.5 Å². The Morgan fingerprint density at radius 2 is 1.75 bits per heavy atom. The van der Waals surface area contributed by atoms with Gasteiger partial charge in [0.15, 0.2) is 0 Å². The van der Waals surface area contributed by atoms with E-state index in [-0.39, 0.29) is 0 Å². The van der Waals surface area contributed by atoms with Crippen LogP contribution in [0.1, 0.15) is 16.0 Å². The van der Waals surface area contributed by atoms with Gasteiger partial charge in [0.05, 0.1) is 0 Å². The average Bonchev–Trinajstić information content (AvgIpc) is 2.85. The van der Waals surface area contributed by atoms with Gasteiger partial charge in [-0.3, -0.25) is 0 Å². The monoisotopic (exact) mass is 340 g/mol. The molecule has 0 spiro atoms. The van der Waals surface area contributed by atoms with Crippen molar-refractivity contribution in [1.29, 1.82) is 0 Å². The van der Waals surface area contributed by atoms with E-state index in [1.165, 1.54) is 20.5 Å². The summed E-state index contributed by atoms with van der Waals surface area (Å²) in [7, 11) is 0. The molecule has 0 radical (unpaired) electrons. The van der Waals surface area contributed by atoms with Crippen molar-refractivity contribution >= 4 is 49.0 Å². The first-order valence-corrected chi connectivity index (χ1v) is 7.91. The van der Waals surface area contributed by atoms with Crippen LogP contribution in [0.2, 0.25) is 0 Å². The number of thiophene rings is 1. The number of hydrogen-bond acceptors (Lipinski definition) is 1. The van der Waals surface area contributed by atoms with Crippen molar-refractivity contribution in [2.45, 2.75) is 0 Å². The SMILES string of the molecule is C=Cc1c(C(=C)c2ccc(Br)cc2)sc2ccccc12. The molecule has 1 aromatic heterocycles. The van der Waals surface area contributed by atoms with Gasteiger partial charge in [0, 0.05) is 25.0 Å². The van der Waals surface area contributed by atoms with Gasteiger partial charge in [-0.1, -0.05) is 65.5 Å². The third-order valence-corrected chi connectivity index (χ3v) is 5.08. The maximum atomic E-state index is 4.28. The van der Waals surface area contributed by atoms with Crippen LogP contribution in [0.3, 0.4) is 0 Å². The van der Waals surface area contributed by atoms with Crippen LogP contribution >= 0.6 is 27.3 Å². The second kappa shape index (κ2) is 5.39. The van der Waals surface area contributed by atoms with Gasteiger partial charge in [0.25, 0.3) is 0 Å². The van der Waals surface area contributed by atoms with Crippen LogP contribution < -0.4 is 0 Å². The van der Waals surface area contributed by atoms with Gasteiger partial charge in [-0.15, -0.1) is 11.3 Å². The fourth-order valence-corrected chi connectivity index (χ4v) is 3.74. The second-order valence-corrected chi connectivity index (χ2v) is 6.50. The molecule has 0 saturated carbocycles. The van der Waals surface area contributed by atoms with Crippen LogP contribution in [0.5, 0.6) is 0 Å². The number of halogens is 1. The molecular weight excluding hydrogens is 328 g/mol. The summed E-state index contributed by atoms with van der Waals surface area (Å²) in [5.74, 6) is 0. The lowest BCUT2D eigenvalue weighted by Gasteiger charge is -2.05. The van der Waals surface area contributed by atoms with Gasteiger partial charge in [-0.05, 0) is 29.3 Å². The molecule has 98 valence electrons. The van der Waals surface area contributed by atoms with Crippen LogP contribution in [0, 0.1) is 0 Å². The van der Waals surface area contributed by atoms with Crippen molar-refractivity contribution in [3.63, 3.8) is 0 Å². The van der Waals surface area contributed by atoms with Crippen molar-refractivity contribution in [2.75, 3.05) is 0 Å². The van der Waals surface area contributed by atoms with E-state index in [1.54, 1.807) is 11.3 Å². The number of hydrogen-bond donors (Lipinski definition) is 0. The van der Waals surface area contributed by atoms with E-state index >= 15 is 0 Å². The Labute approximate surface area is 131 Å². The Kier molecular flexibility index (Phi) is 3.60. The van der Waals surface area contributed by atoms with Crippen LogP contribution in [0.4, 0.5) is 0 Å². The minimum atomic E-state index is 1.05. The van der Waals surface area contributed by atoms with Crippen molar-refractivity contribution in [3.05, 3.63) is 82.2 Å². The van der Waals surface area contributed by atoms with Crippen molar-refractivity contribution in [3.8, 4) is 0 Å². The highest BCUT2D eigenvalue weighted by Gasteiger charge is 2.13. The third-order valence-electron chi connectivity index (χ3n) is 3.30. The van der Waals surface area contributed by atoms with Crippen molar-refractivity contribution < 1.29 is 0 Å². The van der Waals surface area contributed by atoms with Crippen LogP contribution in [-0.2, 0) is 0 Å². The lowest BCUT2D eigenvalue weighted by molar-refractivity contribution is 1.58. The largest absolute Gasteiger partial charge is 0.135 e. The maximum absolute atomic E-state index is 4.28. The molecule has 0 bridgehead atoms. The fraction of sp³-hybridized carbons (Fsp3) is 0. The first kappa shape index (κ1) is 13.3. The summed E-state index contributed by atoms with van der Waals surface area (Å²) in [5, 5.41) is 1.25. The standard InChI is InChI=1S/C18H13BrS/c1-3-15-16-6-4-5-7-17(16)20-18(15)12(2)13-8-10-14(19)11-9-13/h3-11H,1-2H2. The molecule has 1 heterocycles. The first-order valence-electron chi connectivity index (χ1n) is 6.30. The van der Waals surface area contributed by atoms with Crippen LogP contribution in [0.25, 0.3) is 21.7 Å². The van der Waals surface area contributed by atoms with Gasteiger partial charge in [-0.25, -0.2) is 0 Å². The molecule has 3 aromatic rings. The molecule has 0 N–H and O–H groups in total. The zero-order valence-corrected chi connectivity index (χ0v) is 13.3. The normalized spacial score (nSPS) is 10.7. The predicted molar refractivity (Wildman–Crippen MR) is 94.2 cm³/mol. The van der Waals surface area contributed by atoms with E-state index < -0.39 is 0 Å². The Morgan fingerprint density at radius 3 is 2.45 bits per heavy atom. The molecular formula is C18H13BrS. The van der Waals surface area contributed by atoms with Gasteiger partial charge >= 0.3 is 0 Å². The zero-order chi connectivity index (χ0) is 14.1. The summed E-state index contributed by atoms with van der Waals surface area (Å²) in [6.07, 6.45) is 1.93. The first-order chi connectivity index (χ1) is 9.70. The number of rotatable bonds is 3. The minimum Gasteiger partial charge on any atom is -0.135 e. The van der Waals surface area contributed by atoms with E-state index in [0.29, 0.717) is 0 Å². The van der Waals surface area contributed by atoms with E-state index in [0.717, 1.165) is 15.6 Å². The molecule has 0 nitrogen and oxygen atoms in total. The summed E-state index contributed by atoms with van der Waals surface area (Å²) in [6.45, 7) is 8.24. The van der Waals surface area contributed by atoms with E-state index in [4.69, 9.17) is 0 Å². The summed E-state index contributed by atoms with van der Waals surface area (Å²) >= 11 is 5.24. The lowest BCUT2D eigenvalue weighted by atomic mass is 10.0. The van der Waals surface area contributed by atoms with Crippen LogP contribution in [-0.4, -0.2) is 0 Å². The molecule has 3 rings (SSSR count). The summed E-state index contributed by atoms with van der Waals surface area (Å²) < 4.78 is 2.35. The van der Waals surface area contributed by atoms with Crippen molar-refractivity contribution in [1.82, 2.24) is 0 Å². The smallest absolute Gasteiger partial charge is 0.0427 e. The predicted octanol–water partition coefficient (Wildman–Crippen LogP) is 6.37. The summed E-state index contributed by atoms with van der Waals surface area (Å²) in [6, 6.07) is 16.7. The molecule has 0 amide bonds. The fourth-order valence-electron chi connectivity index (χ4n) is 2.27. The molecule has 2 heteroatoms. The highest BCUT2D eigenvalue weighted by molar-refractivity contribution is 9.10. The molecule has 0 aliphatic carbocycles. The quantitative estimate of drug-likeness (QED) is 0.519. The number of fused-ring (bicyclic) bond motifs is 1. The van der Waals surface area contributed by atoms with E-state index in [1.807, 2.05) is 18.2 Å². The Hall–Kier alpha value is -1.64. The topological polar surface area (TPSA) is 0 Å². The summed E-state index contributed by atoms with van der Waals surface area (Å²) in [4.78, 5) is 1.20. The molecule has 0 unspecified atom stereocenters. The highest BCUT2D eigenvalue weighted by Crippen LogP contribution is 2.38. The van der Waals surface area contributed by atoms with Gasteiger partial charge in [0.2, 0.25) is 0 Å². The molecule has 0 saturated heterocycles. The maximum Gasteiger partial charge on any atom is 0.0427 e. The van der Waals surface area contributed by atoms with Crippen molar-refractivity contribution in [2.24, 2.45) is 0 Å². The average molecular weight is 341 g/mol. The summed E-state index contributed by atoms with van der Waals surface area (Å²) in [5.41, 5.74) is 3.37. The molecule has 2 aromatic carbocycles. The highest BCUT2D eigenvalue weighted by atomic mass is 79.9. The Morgan fingerprint density at radius 1 is 1.05 bits per heavy atom. The lowest BCUT2D eigenvalue weighted by Crippen LogP contribution is -1.85. The second-order valence-electron chi connectivity index (χ2n) is 4.53. The Balaban J connectivity index is 2.16. The third kappa shape index (κ3) is 2.26. The number of benzene rings is 2. The van der Waals surface area contributed by atoms with Crippen LogP contribution in [0.15, 0.2) is 66.2 Å². The Bertz CT molecular complexity index is 794. The molecule has 0 aliphatic heterocycles. The zero-order valence-electron chi connectivity index (χ0n) is 10.9.